The lowest BCUT2D eigenvalue weighted by atomic mass is 10.1. The summed E-state index contributed by atoms with van der Waals surface area (Å²) in [4.78, 5) is 0. The van der Waals surface area contributed by atoms with Gasteiger partial charge in [0.2, 0.25) is 0 Å². The van der Waals surface area contributed by atoms with E-state index < -0.39 is 11.4 Å². The summed E-state index contributed by atoms with van der Waals surface area (Å²) >= 11 is -2.86. The minimum Gasteiger partial charge on any atom is -0.750 e. The van der Waals surface area contributed by atoms with Gasteiger partial charge in [-0.25, -0.2) is 4.21 Å². The Morgan fingerprint density at radius 3 is 1.36 bits per heavy atom. The van der Waals surface area contributed by atoms with Gasteiger partial charge < -0.3 is 9.11 Å². The molecule has 1 unspecified atom stereocenters. The summed E-state index contributed by atoms with van der Waals surface area (Å²) < 4.78 is 24.1. The van der Waals surface area contributed by atoms with Crippen LogP contribution in [0.25, 0.3) is 10.8 Å². The normalized spacial score (nSPS) is 11.6. The van der Waals surface area contributed by atoms with Crippen LogP contribution in [0.5, 0.6) is 0 Å². The average molecular weight is 209 g/mol. The van der Waals surface area contributed by atoms with E-state index >= 15 is 0 Å². The number of benzene rings is 2. The lowest BCUT2D eigenvalue weighted by molar-refractivity contribution is 0.436. The molecule has 0 amide bonds. The first-order valence-corrected chi connectivity index (χ1v) is 4.95. The Bertz CT molecular complexity index is 359. The molecule has 0 spiro atoms. The van der Waals surface area contributed by atoms with Gasteiger partial charge in [-0.3, -0.25) is 0 Å². The van der Waals surface area contributed by atoms with Gasteiger partial charge >= 0.3 is 0 Å². The van der Waals surface area contributed by atoms with E-state index in [0.29, 0.717) is 0 Å². The predicted octanol–water partition coefficient (Wildman–Crippen LogP) is 2.18. The molecule has 2 rings (SSSR count). The van der Waals surface area contributed by atoms with Crippen molar-refractivity contribution >= 4 is 22.1 Å². The molecule has 0 saturated carbocycles. The molecule has 0 bridgehead atoms. The van der Waals surface area contributed by atoms with Gasteiger partial charge in [-0.15, -0.1) is 0 Å². The van der Waals surface area contributed by atoms with E-state index in [-0.39, 0.29) is 0 Å². The Morgan fingerprint density at radius 2 is 1.14 bits per heavy atom. The van der Waals surface area contributed by atoms with Crippen molar-refractivity contribution in [2.75, 3.05) is 0 Å². The third-order valence-corrected chi connectivity index (χ3v) is 1.66. The second-order valence-corrected chi connectivity index (χ2v) is 3.00. The highest BCUT2D eigenvalue weighted by Gasteiger charge is 1.85. The average Bonchev–Trinajstić information content (AvgIpc) is 2.17. The Labute approximate surface area is 84.5 Å². The topological polar surface area (TPSA) is 60.4 Å². The van der Waals surface area contributed by atoms with Crippen molar-refractivity contribution in [2.45, 2.75) is 0 Å². The van der Waals surface area contributed by atoms with Gasteiger partial charge in [-0.2, -0.15) is 0 Å². The highest BCUT2D eigenvalue weighted by Crippen LogP contribution is 2.11. The summed E-state index contributed by atoms with van der Waals surface area (Å²) in [6.45, 7) is 0. The monoisotopic (exact) mass is 209 g/mol. The fourth-order valence-corrected chi connectivity index (χ4v) is 1.13. The molecule has 74 valence electrons. The van der Waals surface area contributed by atoms with Gasteiger partial charge in [0, 0.05) is 0 Å². The molecule has 3 nitrogen and oxygen atoms in total. The van der Waals surface area contributed by atoms with Crippen LogP contribution in [0.4, 0.5) is 0 Å². The van der Waals surface area contributed by atoms with Gasteiger partial charge in [0.25, 0.3) is 0 Å². The largest absolute Gasteiger partial charge is 0.750 e. The molecule has 0 radical (unpaired) electrons. The first kappa shape index (κ1) is 10.8. The van der Waals surface area contributed by atoms with Crippen LogP contribution in [0.1, 0.15) is 0 Å². The molecule has 2 aromatic carbocycles. The van der Waals surface area contributed by atoms with Crippen LogP contribution in [0, 0.1) is 0 Å². The molecule has 0 aliphatic rings. The molecule has 0 aromatic heterocycles. The maximum absolute atomic E-state index is 8.56. The summed E-state index contributed by atoms with van der Waals surface area (Å²) in [5.74, 6) is 0. The maximum Gasteiger partial charge on any atom is 0.0814 e. The highest BCUT2D eigenvalue weighted by atomic mass is 32.2. The van der Waals surface area contributed by atoms with Gasteiger partial charge in [0.15, 0.2) is 0 Å². The molecule has 0 fully saturated rings. The molecular weight excluding hydrogens is 200 g/mol. The number of rotatable bonds is 0. The molecule has 0 saturated heterocycles. The third-order valence-electron chi connectivity index (χ3n) is 1.66. The van der Waals surface area contributed by atoms with E-state index in [1.807, 2.05) is 0 Å². The fourth-order valence-electron chi connectivity index (χ4n) is 1.13. The second kappa shape index (κ2) is 5.49. The van der Waals surface area contributed by atoms with E-state index in [1.54, 1.807) is 0 Å². The smallest absolute Gasteiger partial charge is 0.0814 e. The molecule has 0 heterocycles. The van der Waals surface area contributed by atoms with Crippen molar-refractivity contribution in [3.8, 4) is 0 Å². The Morgan fingerprint density at radius 1 is 0.929 bits per heavy atom. The third kappa shape index (κ3) is 3.66. The fraction of sp³-hybridized carbons (Fsp3) is 0. The zero-order valence-electron chi connectivity index (χ0n) is 7.29. The summed E-state index contributed by atoms with van der Waals surface area (Å²) in [5.41, 5.74) is 0. The summed E-state index contributed by atoms with van der Waals surface area (Å²) in [5, 5.41) is 2.62. The van der Waals surface area contributed by atoms with E-state index in [1.165, 1.54) is 10.8 Å². The molecule has 1 atom stereocenters. The zero-order chi connectivity index (χ0) is 10.4. The minimum absolute atomic E-state index is 1.31. The first-order valence-electron chi connectivity index (χ1n) is 3.92. The molecular formula is C10H9O3S-. The van der Waals surface area contributed by atoms with Crippen molar-refractivity contribution in [1.29, 1.82) is 0 Å². The predicted molar refractivity (Wildman–Crippen MR) is 55.5 cm³/mol. The molecule has 14 heavy (non-hydrogen) atoms. The quantitative estimate of drug-likeness (QED) is 0.676. The van der Waals surface area contributed by atoms with Gasteiger partial charge in [0.05, 0.1) is 11.4 Å². The van der Waals surface area contributed by atoms with Crippen molar-refractivity contribution in [3.05, 3.63) is 48.5 Å². The van der Waals surface area contributed by atoms with E-state index in [9.17, 15) is 0 Å². The van der Waals surface area contributed by atoms with Gasteiger partial charge in [-0.1, -0.05) is 48.5 Å². The van der Waals surface area contributed by atoms with E-state index in [2.05, 4.69) is 48.5 Å². The van der Waals surface area contributed by atoms with Gasteiger partial charge in [-0.05, 0) is 10.8 Å². The van der Waals surface area contributed by atoms with Crippen molar-refractivity contribution in [1.82, 2.24) is 0 Å². The van der Waals surface area contributed by atoms with Crippen LogP contribution in [0.15, 0.2) is 48.5 Å². The van der Waals surface area contributed by atoms with Crippen molar-refractivity contribution < 1.29 is 13.3 Å². The van der Waals surface area contributed by atoms with Crippen LogP contribution in [-0.2, 0) is 11.4 Å². The van der Waals surface area contributed by atoms with Crippen molar-refractivity contribution in [2.24, 2.45) is 0 Å². The van der Waals surface area contributed by atoms with Crippen LogP contribution in [-0.4, -0.2) is 13.3 Å². The van der Waals surface area contributed by atoms with E-state index in [0.717, 1.165) is 0 Å². The zero-order valence-corrected chi connectivity index (χ0v) is 8.11. The van der Waals surface area contributed by atoms with Crippen LogP contribution >= 0.6 is 0 Å². The molecule has 1 N–H and O–H groups in total. The second-order valence-electron chi connectivity index (χ2n) is 2.56. The Kier molecular flexibility index (Phi) is 4.25. The van der Waals surface area contributed by atoms with Crippen LogP contribution in [0.2, 0.25) is 0 Å². The lowest BCUT2D eigenvalue weighted by Gasteiger charge is -1.92. The standard InChI is InChI=1S/C10H8.H2O3S/c1-2-6-10-8-4-3-7-9(10)5-1;1-4(2)3/h1-8H;(H2,1,2,3)/p-1. The van der Waals surface area contributed by atoms with Crippen LogP contribution in [0.3, 0.4) is 0 Å². The number of hydrogen-bond donors (Lipinski definition) is 1. The summed E-state index contributed by atoms with van der Waals surface area (Å²) in [7, 11) is 0. The summed E-state index contributed by atoms with van der Waals surface area (Å²) in [6.07, 6.45) is 0. The number of fused-ring (bicyclic) bond motifs is 1. The summed E-state index contributed by atoms with van der Waals surface area (Å²) in [6, 6.07) is 16.7. The van der Waals surface area contributed by atoms with Gasteiger partial charge in [0.1, 0.15) is 0 Å². The first-order chi connectivity index (χ1) is 6.70. The lowest BCUT2D eigenvalue weighted by Crippen LogP contribution is -1.75. The van der Waals surface area contributed by atoms with E-state index in [4.69, 9.17) is 13.3 Å². The number of hydrogen-bond acceptors (Lipinski definition) is 2. The molecule has 4 heteroatoms. The molecule has 0 aliphatic carbocycles. The maximum atomic E-state index is 8.56. The SMILES string of the molecule is O=S([O-])O.c1ccc2ccccc2c1. The Hall–Kier alpha value is -1.23. The minimum atomic E-state index is -2.86. The Balaban J connectivity index is 0.000000213. The van der Waals surface area contributed by atoms with Crippen LogP contribution < -0.4 is 0 Å². The highest BCUT2D eigenvalue weighted by molar-refractivity contribution is 7.73. The molecule has 2 aromatic rings. The van der Waals surface area contributed by atoms with Crippen molar-refractivity contribution in [3.63, 3.8) is 0 Å². The molecule has 0 aliphatic heterocycles.